The van der Waals surface area contributed by atoms with Crippen molar-refractivity contribution < 1.29 is 37.5 Å². The van der Waals surface area contributed by atoms with Gasteiger partial charge in [0.1, 0.15) is 57.4 Å². The van der Waals surface area contributed by atoms with Crippen molar-refractivity contribution in [1.82, 2.24) is 71.1 Å². The highest BCUT2D eigenvalue weighted by molar-refractivity contribution is 6.42. The van der Waals surface area contributed by atoms with Gasteiger partial charge in [0.05, 0.1) is 0 Å². The highest BCUT2D eigenvalue weighted by Crippen LogP contribution is 2.29. The van der Waals surface area contributed by atoms with Crippen LogP contribution in [0.3, 0.4) is 0 Å². The van der Waals surface area contributed by atoms with Gasteiger partial charge in [-0.3, -0.25) is 28.8 Å². The van der Waals surface area contributed by atoms with Crippen LogP contribution in [0, 0.1) is 0 Å². The maximum absolute atomic E-state index is 12.9. The predicted octanol–water partition coefficient (Wildman–Crippen LogP) is 10.1. The van der Waals surface area contributed by atoms with Gasteiger partial charge >= 0.3 is 0 Å². The fourth-order valence-corrected chi connectivity index (χ4v) is 9.13. The lowest BCUT2D eigenvalue weighted by Gasteiger charge is -2.41. The summed E-state index contributed by atoms with van der Waals surface area (Å²) < 4.78 is 25.4. The summed E-state index contributed by atoms with van der Waals surface area (Å²) in [5, 5.41) is 15.7. The quantitative estimate of drug-likeness (QED) is 0.112. The van der Waals surface area contributed by atoms with Crippen LogP contribution in [0.1, 0.15) is 145 Å². The molecule has 0 aromatic carbocycles. The van der Waals surface area contributed by atoms with Crippen molar-refractivity contribution in [1.29, 1.82) is 0 Å². The van der Waals surface area contributed by atoms with Gasteiger partial charge in [-0.05, 0) is 151 Å². The molecule has 0 bridgehead atoms. The van der Waals surface area contributed by atoms with E-state index >= 15 is 0 Å². The van der Waals surface area contributed by atoms with Crippen LogP contribution in [0.25, 0.3) is 0 Å². The molecule has 8 heterocycles. The van der Waals surface area contributed by atoms with E-state index < -0.39 is 17.6 Å². The second kappa shape index (κ2) is 33.5. The highest BCUT2D eigenvalue weighted by atomic mass is 35.5. The molecule has 0 radical (unpaired) electrons. The molecule has 0 aliphatic carbocycles. The van der Waals surface area contributed by atoms with Gasteiger partial charge in [0.2, 0.25) is 5.83 Å². The van der Waals surface area contributed by atoms with Crippen molar-refractivity contribution in [3.05, 3.63) is 194 Å². The van der Waals surface area contributed by atoms with Gasteiger partial charge in [-0.25, -0.2) is 14.4 Å². The van der Waals surface area contributed by atoms with Gasteiger partial charge in [0, 0.05) is 120 Å². The summed E-state index contributed by atoms with van der Waals surface area (Å²) in [6.45, 7) is 72.0. The summed E-state index contributed by atoms with van der Waals surface area (Å²) in [4.78, 5) is 88.1. The molecular weight excluding hydrogens is 1250 g/mol. The molecule has 528 valence electrons. The molecule has 0 spiro atoms. The number of amidine groups is 2. The molecule has 0 fully saturated rings. The fourth-order valence-electron chi connectivity index (χ4n) is 8.99. The maximum atomic E-state index is 12.9. The molecule has 0 aromatic heterocycles. The van der Waals surface area contributed by atoms with Crippen LogP contribution < -0.4 is 43.4 Å². The number of hydrogen-bond donors (Lipinski definition) is 8. The van der Waals surface area contributed by atoms with Crippen molar-refractivity contribution in [2.24, 2.45) is 21.5 Å². The first kappa shape index (κ1) is 84.2. The van der Waals surface area contributed by atoms with E-state index in [9.17, 15) is 37.5 Å². The van der Waals surface area contributed by atoms with Gasteiger partial charge in [-0.15, -0.1) is 0 Å². The number of carbonyl (C=O) groups excluding carboxylic acids is 6. The van der Waals surface area contributed by atoms with E-state index in [1.54, 1.807) is 60.6 Å². The standard InChI is InChI=1S/2C10H16N2O.C9H13ClN2O.C9H13FN2O.C9H15N3.C9H14N2O.C7H10N2O.C6H8FN3/c2*1-7-6-9(13)11-8(2)12(7)10(3,4)5;2*1-6-11-8(13)7(10)5-12(6)9(2,3)4;1-7-11-8(10)5-6-12(7)9(2,3)4;1-7-10-8(12)5-6-11(7)9(2,3)4;1-5-4-9(3)6(2)8-7(5)10;1-4-9-6(8)5(7)3-10(4)2/h2*6H,2H2,1,3-5H3,(H,11,13);2*5H,1H2,2-4H3,(H,11,13);5-6H,1H2,2-4H3,(H2,10,11);5-6H,1H2,2-4H3,(H,10,12);4H,2H2,1,3H3,(H,8,10);3H,1H2,2H3,(H2,8,9). The lowest BCUT2D eigenvalue weighted by Crippen LogP contribution is -2.47. The van der Waals surface area contributed by atoms with Gasteiger partial charge in [-0.2, -0.15) is 4.39 Å². The largest absolute Gasteiger partial charge is 0.384 e. The maximum Gasteiger partial charge on any atom is 0.287 e. The minimum Gasteiger partial charge on any atom is -0.384 e. The number of aliphatic imine (C=N–C) groups is 2. The number of rotatable bonds is 0. The number of halogens is 3. The average Bonchev–Trinajstić information content (AvgIpc) is 0.839. The van der Waals surface area contributed by atoms with Crippen molar-refractivity contribution in [2.75, 3.05) is 14.1 Å². The second-order valence-electron chi connectivity index (χ2n) is 28.2. The average molecular weight is 1360 g/mol. The van der Waals surface area contributed by atoms with Gasteiger partial charge in [-0.1, -0.05) is 64.2 Å². The Morgan fingerprint density at radius 1 is 0.417 bits per heavy atom. The van der Waals surface area contributed by atoms with Crippen molar-refractivity contribution in [2.45, 2.75) is 179 Å². The van der Waals surface area contributed by atoms with E-state index in [4.69, 9.17) is 23.1 Å². The molecule has 27 heteroatoms. The van der Waals surface area contributed by atoms with E-state index in [1.165, 1.54) is 23.4 Å². The molecule has 96 heavy (non-hydrogen) atoms. The number of allylic oxidation sites excluding steroid dienone is 2. The van der Waals surface area contributed by atoms with E-state index in [-0.39, 0.29) is 73.6 Å². The summed E-state index contributed by atoms with van der Waals surface area (Å²) in [7, 11) is 3.49. The third-order valence-corrected chi connectivity index (χ3v) is 13.5. The van der Waals surface area contributed by atoms with Crippen LogP contribution in [0.2, 0.25) is 0 Å². The molecule has 8 aliphatic rings. The number of nitrogens with one attached hydrogen (secondary N) is 6. The molecule has 0 aromatic rings. The van der Waals surface area contributed by atoms with E-state index in [0.717, 1.165) is 11.4 Å². The van der Waals surface area contributed by atoms with Crippen LogP contribution in [0.5, 0.6) is 0 Å². The predicted molar refractivity (Wildman–Crippen MR) is 382 cm³/mol. The minimum absolute atomic E-state index is 0.0117. The van der Waals surface area contributed by atoms with E-state index in [2.05, 4.69) is 178 Å². The molecule has 0 unspecified atom stereocenters. The third kappa shape index (κ3) is 26.5. The van der Waals surface area contributed by atoms with Crippen molar-refractivity contribution in [3.63, 3.8) is 0 Å². The Hall–Kier alpha value is -9.85. The zero-order chi connectivity index (χ0) is 75.0. The topological polar surface area (TPSA) is 277 Å². The molecule has 0 saturated heterocycles. The SMILES string of the molecule is C=C1N=C(N)C(F)=CN1C.C=C1N=C(N)C=CN1C(C)(C)C.C=C1NC(=O)C(C)=CN1C.C=C1NC(=O)C(Cl)=CN1C(C)(C)C.C=C1NC(=O)C(F)=CN1C(C)(C)C.C=C1NC(=O)C=C(C)N1C(C)(C)C.C=C1NC(=O)C=C(C)N1C(C)(C)C.C=C1NC(=O)C=CN1C(C)(C)C. The number of carbonyl (C=O) groups is 6. The first-order chi connectivity index (χ1) is 43.3. The van der Waals surface area contributed by atoms with E-state index in [1.807, 2.05) is 93.1 Å². The minimum atomic E-state index is -0.790. The van der Waals surface area contributed by atoms with E-state index in [0.29, 0.717) is 58.0 Å². The van der Waals surface area contributed by atoms with Crippen LogP contribution in [0.4, 0.5) is 8.78 Å². The first-order valence-electron chi connectivity index (χ1n) is 30.2. The Bertz CT molecular complexity index is 3320. The summed E-state index contributed by atoms with van der Waals surface area (Å²) in [6, 6.07) is 0. The molecule has 8 aliphatic heterocycles. The molecule has 6 amide bonds. The molecule has 24 nitrogen and oxygen atoms in total. The summed E-state index contributed by atoms with van der Waals surface area (Å²) in [5.41, 5.74) is 12.7. The Balaban J connectivity index is 0.000000549. The molecular formula is C69H105ClF2N18O6. The van der Waals surface area contributed by atoms with Crippen LogP contribution in [-0.2, 0) is 28.8 Å². The Morgan fingerprint density at radius 2 is 0.802 bits per heavy atom. The molecule has 8 rings (SSSR count). The first-order valence-corrected chi connectivity index (χ1v) is 30.5. The number of nitrogens with zero attached hydrogens (tertiary/aromatic N) is 10. The Morgan fingerprint density at radius 3 is 1.18 bits per heavy atom. The number of nitrogens with two attached hydrogens (primary N) is 2. The van der Waals surface area contributed by atoms with Crippen LogP contribution in [0.15, 0.2) is 204 Å². The molecule has 10 N–H and O–H groups in total. The summed E-state index contributed by atoms with van der Waals surface area (Å²) in [6.07, 6.45) is 15.9. The zero-order valence-corrected chi connectivity index (χ0v) is 61.4. The molecule has 0 atom stereocenters. The summed E-state index contributed by atoms with van der Waals surface area (Å²) >= 11 is 5.70. The fraction of sp³-hybridized carbons (Fsp3) is 0.420. The third-order valence-electron chi connectivity index (χ3n) is 13.2. The normalized spacial score (nSPS) is 18.4. The zero-order valence-electron chi connectivity index (χ0n) is 60.6. The lowest BCUT2D eigenvalue weighted by atomic mass is 10.0. The van der Waals surface area contributed by atoms with Crippen molar-refractivity contribution >= 4 is 58.7 Å². The number of hydrogen-bond acceptors (Lipinski definition) is 18. The van der Waals surface area contributed by atoms with Gasteiger partial charge in [0.15, 0.2) is 11.7 Å². The Labute approximate surface area is 573 Å². The van der Waals surface area contributed by atoms with Crippen molar-refractivity contribution in [3.8, 4) is 0 Å². The second-order valence-corrected chi connectivity index (χ2v) is 28.6. The highest BCUT2D eigenvalue weighted by Gasteiger charge is 2.32. The summed E-state index contributed by atoms with van der Waals surface area (Å²) in [5.74, 6) is 2.36. The lowest BCUT2D eigenvalue weighted by molar-refractivity contribution is -0.120. The smallest absolute Gasteiger partial charge is 0.287 e. The Kier molecular flexibility index (Phi) is 29.4. The van der Waals surface area contributed by atoms with Crippen LogP contribution in [-0.4, -0.2) is 134 Å². The van der Waals surface area contributed by atoms with Crippen LogP contribution >= 0.6 is 11.6 Å². The molecule has 0 saturated carbocycles. The van der Waals surface area contributed by atoms with Gasteiger partial charge < -0.3 is 82.6 Å². The monoisotopic (exact) mass is 1350 g/mol. The number of amides is 6. The van der Waals surface area contributed by atoms with Gasteiger partial charge in [0.25, 0.3) is 35.4 Å².